The van der Waals surface area contributed by atoms with Crippen LogP contribution in [0.2, 0.25) is 0 Å². The Bertz CT molecular complexity index is 1390. The molecule has 0 atom stereocenters. The highest BCUT2D eigenvalue weighted by molar-refractivity contribution is 6.04. The molecular formula is C24H21N5O3. The number of aromatic nitrogens is 4. The fraction of sp³-hybridized carbons (Fsp3) is 0.125. The Morgan fingerprint density at radius 3 is 2.75 bits per heavy atom. The van der Waals surface area contributed by atoms with Crippen LogP contribution in [0.3, 0.4) is 0 Å². The summed E-state index contributed by atoms with van der Waals surface area (Å²) in [4.78, 5) is 28.0. The molecule has 5 aromatic rings. The quantitative estimate of drug-likeness (QED) is 0.334. The van der Waals surface area contributed by atoms with E-state index in [-0.39, 0.29) is 5.91 Å². The Labute approximate surface area is 183 Å². The molecule has 0 fully saturated rings. The number of imidazole rings is 1. The lowest BCUT2D eigenvalue weighted by molar-refractivity contribution is 0.102. The Balaban J connectivity index is 1.31. The molecule has 1 amide bonds. The van der Waals surface area contributed by atoms with Crippen molar-refractivity contribution in [2.24, 2.45) is 0 Å². The van der Waals surface area contributed by atoms with Crippen molar-refractivity contribution in [1.29, 1.82) is 0 Å². The van der Waals surface area contributed by atoms with Crippen LogP contribution in [0.15, 0.2) is 67.0 Å². The van der Waals surface area contributed by atoms with Crippen molar-refractivity contribution in [2.75, 3.05) is 25.6 Å². The third kappa shape index (κ3) is 4.03. The lowest BCUT2D eigenvalue weighted by atomic mass is 10.1. The van der Waals surface area contributed by atoms with Gasteiger partial charge in [-0.3, -0.25) is 4.79 Å². The van der Waals surface area contributed by atoms with Gasteiger partial charge in [-0.25, -0.2) is 9.97 Å². The van der Waals surface area contributed by atoms with E-state index < -0.39 is 0 Å². The summed E-state index contributed by atoms with van der Waals surface area (Å²) in [7, 11) is 1.64. The van der Waals surface area contributed by atoms with Gasteiger partial charge in [0.05, 0.1) is 23.2 Å². The van der Waals surface area contributed by atoms with E-state index >= 15 is 0 Å². The number of amides is 1. The Kier molecular flexibility index (Phi) is 5.27. The van der Waals surface area contributed by atoms with Gasteiger partial charge < -0.3 is 24.8 Å². The second-order valence-corrected chi connectivity index (χ2v) is 7.27. The zero-order valence-corrected chi connectivity index (χ0v) is 17.4. The SMILES string of the molecule is COCCOc1ccc2nc(-c3ccc(C(=O)Nc4cc5[nH]ccc5cn4)cc3)[nH]c2c1. The number of nitrogens with zero attached hydrogens (tertiary/aromatic N) is 2. The monoisotopic (exact) mass is 427 g/mol. The highest BCUT2D eigenvalue weighted by Crippen LogP contribution is 2.24. The molecule has 0 aliphatic carbocycles. The summed E-state index contributed by atoms with van der Waals surface area (Å²) in [5.41, 5.74) is 4.05. The van der Waals surface area contributed by atoms with Crippen LogP contribution in [0.1, 0.15) is 10.4 Å². The van der Waals surface area contributed by atoms with Crippen LogP contribution in [-0.4, -0.2) is 46.2 Å². The van der Waals surface area contributed by atoms with E-state index in [4.69, 9.17) is 9.47 Å². The van der Waals surface area contributed by atoms with Gasteiger partial charge in [0.15, 0.2) is 0 Å². The van der Waals surface area contributed by atoms with Gasteiger partial charge in [0.1, 0.15) is 24.0 Å². The zero-order valence-electron chi connectivity index (χ0n) is 17.4. The van der Waals surface area contributed by atoms with Crippen LogP contribution in [0, 0.1) is 0 Å². The molecule has 0 radical (unpaired) electrons. The van der Waals surface area contributed by atoms with E-state index in [0.29, 0.717) is 24.6 Å². The third-order valence-corrected chi connectivity index (χ3v) is 5.11. The minimum Gasteiger partial charge on any atom is -0.491 e. The number of rotatable bonds is 7. The first-order valence-electron chi connectivity index (χ1n) is 10.2. The fourth-order valence-electron chi connectivity index (χ4n) is 3.44. The minimum atomic E-state index is -0.225. The molecule has 8 nitrogen and oxygen atoms in total. The first kappa shape index (κ1) is 19.8. The molecular weight excluding hydrogens is 406 g/mol. The molecule has 0 saturated carbocycles. The average molecular weight is 427 g/mol. The molecule has 0 aliphatic heterocycles. The number of benzene rings is 2. The topological polar surface area (TPSA) is 105 Å². The molecule has 8 heteroatoms. The summed E-state index contributed by atoms with van der Waals surface area (Å²) in [6, 6.07) is 16.7. The van der Waals surface area contributed by atoms with Crippen molar-refractivity contribution in [2.45, 2.75) is 0 Å². The number of carbonyl (C=O) groups is 1. The van der Waals surface area contributed by atoms with Crippen LogP contribution in [-0.2, 0) is 4.74 Å². The lowest BCUT2D eigenvalue weighted by Crippen LogP contribution is -2.12. The summed E-state index contributed by atoms with van der Waals surface area (Å²) in [6.45, 7) is 1.02. The van der Waals surface area contributed by atoms with Crippen LogP contribution < -0.4 is 10.1 Å². The summed E-state index contributed by atoms with van der Waals surface area (Å²) in [5, 5.41) is 3.82. The zero-order chi connectivity index (χ0) is 21.9. The van der Waals surface area contributed by atoms with Crippen molar-refractivity contribution in [3.05, 3.63) is 72.6 Å². The second kappa shape index (κ2) is 8.52. The van der Waals surface area contributed by atoms with E-state index in [2.05, 4.69) is 25.3 Å². The number of hydrogen-bond donors (Lipinski definition) is 3. The van der Waals surface area contributed by atoms with Crippen LogP contribution in [0.5, 0.6) is 5.75 Å². The summed E-state index contributed by atoms with van der Waals surface area (Å²) >= 11 is 0. The molecule has 0 aliphatic rings. The average Bonchev–Trinajstić information content (AvgIpc) is 3.45. The predicted molar refractivity (Wildman–Crippen MR) is 123 cm³/mol. The molecule has 160 valence electrons. The Hall–Kier alpha value is -4.17. The molecule has 5 rings (SSSR count). The van der Waals surface area contributed by atoms with Crippen molar-refractivity contribution in [1.82, 2.24) is 19.9 Å². The normalized spacial score (nSPS) is 11.2. The van der Waals surface area contributed by atoms with Gasteiger partial charge in [0.25, 0.3) is 5.91 Å². The van der Waals surface area contributed by atoms with Crippen molar-refractivity contribution in [3.63, 3.8) is 0 Å². The Morgan fingerprint density at radius 1 is 1.03 bits per heavy atom. The molecule has 3 heterocycles. The molecule has 2 aromatic carbocycles. The van der Waals surface area contributed by atoms with E-state index in [9.17, 15) is 4.79 Å². The number of carbonyl (C=O) groups excluding carboxylic acids is 1. The molecule has 0 saturated heterocycles. The number of ether oxygens (including phenoxy) is 2. The van der Waals surface area contributed by atoms with E-state index in [1.54, 1.807) is 25.4 Å². The molecule has 32 heavy (non-hydrogen) atoms. The predicted octanol–water partition coefficient (Wildman–Crippen LogP) is 4.38. The van der Waals surface area contributed by atoms with Gasteiger partial charge in [0.2, 0.25) is 0 Å². The number of anilines is 1. The lowest BCUT2D eigenvalue weighted by Gasteiger charge is -2.05. The first-order valence-corrected chi connectivity index (χ1v) is 10.2. The van der Waals surface area contributed by atoms with Gasteiger partial charge in [-0.1, -0.05) is 12.1 Å². The number of methoxy groups -OCH3 is 1. The van der Waals surface area contributed by atoms with Gasteiger partial charge in [-0.05, 0) is 30.3 Å². The van der Waals surface area contributed by atoms with E-state index in [1.165, 1.54) is 0 Å². The maximum Gasteiger partial charge on any atom is 0.256 e. The number of aromatic amines is 2. The Morgan fingerprint density at radius 2 is 1.91 bits per heavy atom. The molecule has 0 bridgehead atoms. The van der Waals surface area contributed by atoms with E-state index in [1.807, 2.05) is 48.7 Å². The number of nitrogens with one attached hydrogen (secondary N) is 3. The second-order valence-electron chi connectivity index (χ2n) is 7.27. The van der Waals surface area contributed by atoms with Gasteiger partial charge in [0, 0.05) is 48.1 Å². The molecule has 0 spiro atoms. The third-order valence-electron chi connectivity index (χ3n) is 5.11. The first-order chi connectivity index (χ1) is 15.7. The highest BCUT2D eigenvalue weighted by atomic mass is 16.5. The van der Waals surface area contributed by atoms with E-state index in [0.717, 1.165) is 39.1 Å². The summed E-state index contributed by atoms with van der Waals surface area (Å²) < 4.78 is 10.7. The smallest absolute Gasteiger partial charge is 0.256 e. The summed E-state index contributed by atoms with van der Waals surface area (Å²) in [6.07, 6.45) is 3.56. The fourth-order valence-corrected chi connectivity index (χ4v) is 3.44. The minimum absolute atomic E-state index is 0.225. The van der Waals surface area contributed by atoms with Gasteiger partial charge in [-0.2, -0.15) is 0 Å². The molecule has 3 N–H and O–H groups in total. The highest BCUT2D eigenvalue weighted by Gasteiger charge is 2.10. The van der Waals surface area contributed by atoms with Crippen molar-refractivity contribution < 1.29 is 14.3 Å². The van der Waals surface area contributed by atoms with Gasteiger partial charge in [-0.15, -0.1) is 0 Å². The number of hydrogen-bond acceptors (Lipinski definition) is 5. The number of fused-ring (bicyclic) bond motifs is 2. The molecule has 0 unspecified atom stereocenters. The van der Waals surface area contributed by atoms with Crippen molar-refractivity contribution in [3.8, 4) is 17.1 Å². The number of H-pyrrole nitrogens is 2. The van der Waals surface area contributed by atoms with Crippen LogP contribution in [0.4, 0.5) is 5.82 Å². The molecule has 3 aromatic heterocycles. The maximum atomic E-state index is 12.6. The maximum absolute atomic E-state index is 12.6. The number of pyridine rings is 1. The van der Waals surface area contributed by atoms with Crippen molar-refractivity contribution >= 4 is 33.7 Å². The largest absolute Gasteiger partial charge is 0.491 e. The standard InChI is InChI=1S/C24H21N5O3/c1-31-10-11-32-18-6-7-19-21(12-18)28-23(27-19)15-2-4-16(5-3-15)24(30)29-22-13-20-17(14-26-22)8-9-25-20/h2-9,12-14,25H,10-11H2,1H3,(H,27,28)(H,26,29,30). The summed E-state index contributed by atoms with van der Waals surface area (Å²) in [5.74, 6) is 1.75. The van der Waals surface area contributed by atoms with Crippen LogP contribution >= 0.6 is 0 Å². The van der Waals surface area contributed by atoms with Gasteiger partial charge >= 0.3 is 0 Å². The van der Waals surface area contributed by atoms with Crippen LogP contribution in [0.25, 0.3) is 33.3 Å².